The fourth-order valence-corrected chi connectivity index (χ4v) is 1.66. The fourth-order valence-electron chi connectivity index (χ4n) is 1.27. The molecular weight excluding hydrogens is 230 g/mol. The third kappa shape index (κ3) is 3.29. The number of hydrogen-bond donors (Lipinski definition) is 0. The third-order valence-electron chi connectivity index (χ3n) is 2.01. The lowest BCUT2D eigenvalue weighted by molar-refractivity contribution is -0.690. The first-order chi connectivity index (χ1) is 6.88. The molecule has 2 nitrogen and oxygen atoms in total. The van der Waals surface area contributed by atoms with Crippen LogP contribution < -0.4 is 17.0 Å². The van der Waals surface area contributed by atoms with Crippen molar-refractivity contribution in [2.45, 2.75) is 11.4 Å². The number of nitrogens with zero attached hydrogens (tertiary/aromatic N) is 1. The third-order valence-corrected chi connectivity index (χ3v) is 2.76. The van der Waals surface area contributed by atoms with Gasteiger partial charge in [0, 0.05) is 17.0 Å². The van der Waals surface area contributed by atoms with Crippen LogP contribution in [0.1, 0.15) is 5.76 Å². The van der Waals surface area contributed by atoms with E-state index in [1.165, 1.54) is 4.90 Å². The molecule has 4 heteroatoms. The molecule has 2 rings (SSSR count). The number of furan rings is 1. The Hall–Kier alpha value is -0.930. The van der Waals surface area contributed by atoms with E-state index in [-0.39, 0.29) is 12.4 Å². The SMILES string of the molecule is CSc1cc[n+](Cc2ccco2)cc1.[Cl-]. The molecule has 0 saturated carbocycles. The van der Waals surface area contributed by atoms with Crippen molar-refractivity contribution in [3.8, 4) is 0 Å². The highest BCUT2D eigenvalue weighted by Crippen LogP contribution is 2.10. The zero-order valence-corrected chi connectivity index (χ0v) is 9.96. The maximum absolute atomic E-state index is 5.27. The first-order valence-corrected chi connectivity index (χ1v) is 5.66. The van der Waals surface area contributed by atoms with Crippen LogP contribution in [0.15, 0.2) is 52.2 Å². The smallest absolute Gasteiger partial charge is 0.205 e. The van der Waals surface area contributed by atoms with E-state index in [1.54, 1.807) is 18.0 Å². The summed E-state index contributed by atoms with van der Waals surface area (Å²) in [5, 5.41) is 0. The molecule has 0 aliphatic heterocycles. The number of thioether (sulfide) groups is 1. The van der Waals surface area contributed by atoms with E-state index in [9.17, 15) is 0 Å². The van der Waals surface area contributed by atoms with Gasteiger partial charge in [-0.3, -0.25) is 0 Å². The maximum Gasteiger partial charge on any atom is 0.205 e. The normalized spacial score (nSPS) is 9.67. The van der Waals surface area contributed by atoms with Crippen molar-refractivity contribution in [1.82, 2.24) is 0 Å². The quantitative estimate of drug-likeness (QED) is 0.525. The minimum absolute atomic E-state index is 0. The minimum Gasteiger partial charge on any atom is -1.00 e. The molecule has 2 aromatic rings. The zero-order valence-electron chi connectivity index (χ0n) is 8.39. The lowest BCUT2D eigenvalue weighted by Gasteiger charge is -1.95. The van der Waals surface area contributed by atoms with Crippen LogP contribution >= 0.6 is 11.8 Å². The van der Waals surface area contributed by atoms with E-state index in [2.05, 4.69) is 35.3 Å². The van der Waals surface area contributed by atoms with E-state index < -0.39 is 0 Å². The van der Waals surface area contributed by atoms with Gasteiger partial charge >= 0.3 is 0 Å². The molecule has 0 amide bonds. The highest BCUT2D eigenvalue weighted by molar-refractivity contribution is 7.98. The van der Waals surface area contributed by atoms with Crippen molar-refractivity contribution in [1.29, 1.82) is 0 Å². The molecule has 0 N–H and O–H groups in total. The summed E-state index contributed by atoms with van der Waals surface area (Å²) in [6.07, 6.45) is 7.90. The zero-order chi connectivity index (χ0) is 9.80. The van der Waals surface area contributed by atoms with E-state index >= 15 is 0 Å². The van der Waals surface area contributed by atoms with Crippen LogP contribution in [0.4, 0.5) is 0 Å². The van der Waals surface area contributed by atoms with E-state index in [1.807, 2.05) is 12.1 Å². The van der Waals surface area contributed by atoms with E-state index in [4.69, 9.17) is 4.42 Å². The van der Waals surface area contributed by atoms with Crippen LogP contribution in [0.5, 0.6) is 0 Å². The van der Waals surface area contributed by atoms with Crippen LogP contribution in [0.25, 0.3) is 0 Å². The topological polar surface area (TPSA) is 17.0 Å². The monoisotopic (exact) mass is 241 g/mol. The first-order valence-electron chi connectivity index (χ1n) is 4.44. The number of halogens is 1. The number of pyridine rings is 1. The highest BCUT2D eigenvalue weighted by Gasteiger charge is 2.03. The van der Waals surface area contributed by atoms with Gasteiger partial charge in [-0.1, -0.05) is 0 Å². The molecule has 0 aromatic carbocycles. The minimum atomic E-state index is 0. The summed E-state index contributed by atoms with van der Waals surface area (Å²) in [5.41, 5.74) is 0. The molecule has 0 aliphatic rings. The van der Waals surface area contributed by atoms with Crippen molar-refractivity contribution in [2.24, 2.45) is 0 Å². The lowest BCUT2D eigenvalue weighted by Crippen LogP contribution is -3.00. The van der Waals surface area contributed by atoms with Crippen molar-refractivity contribution < 1.29 is 21.4 Å². The largest absolute Gasteiger partial charge is 1.00 e. The van der Waals surface area contributed by atoms with Gasteiger partial charge in [-0.05, 0) is 18.4 Å². The Morgan fingerprint density at radius 1 is 1.27 bits per heavy atom. The molecule has 0 bridgehead atoms. The van der Waals surface area contributed by atoms with Crippen molar-refractivity contribution in [3.63, 3.8) is 0 Å². The molecule has 0 atom stereocenters. The number of hydrogen-bond acceptors (Lipinski definition) is 2. The van der Waals surface area contributed by atoms with Crippen LogP contribution in [-0.4, -0.2) is 6.26 Å². The molecule has 0 unspecified atom stereocenters. The van der Waals surface area contributed by atoms with Gasteiger partial charge in [0.1, 0.15) is 0 Å². The summed E-state index contributed by atoms with van der Waals surface area (Å²) in [7, 11) is 0. The van der Waals surface area contributed by atoms with E-state index in [0.717, 1.165) is 12.3 Å². The summed E-state index contributed by atoms with van der Waals surface area (Å²) < 4.78 is 7.36. The van der Waals surface area contributed by atoms with Crippen LogP contribution in [0.2, 0.25) is 0 Å². The second-order valence-electron chi connectivity index (χ2n) is 2.99. The van der Waals surface area contributed by atoms with Gasteiger partial charge in [-0.25, -0.2) is 0 Å². The number of aromatic nitrogens is 1. The Morgan fingerprint density at radius 3 is 2.53 bits per heavy atom. The average molecular weight is 242 g/mol. The molecule has 0 saturated heterocycles. The Bertz CT molecular complexity index is 385. The highest BCUT2D eigenvalue weighted by atomic mass is 35.5. The van der Waals surface area contributed by atoms with Gasteiger partial charge in [-0.2, -0.15) is 4.57 Å². The van der Waals surface area contributed by atoms with Gasteiger partial charge < -0.3 is 16.8 Å². The molecule has 0 aliphatic carbocycles. The molecule has 80 valence electrons. The maximum atomic E-state index is 5.27. The predicted molar refractivity (Wildman–Crippen MR) is 56.2 cm³/mol. The summed E-state index contributed by atoms with van der Waals surface area (Å²) in [6.45, 7) is 0.793. The van der Waals surface area contributed by atoms with Gasteiger partial charge in [0.2, 0.25) is 6.54 Å². The Kier molecular flexibility index (Phi) is 4.72. The van der Waals surface area contributed by atoms with E-state index in [0.29, 0.717) is 0 Å². The first kappa shape index (κ1) is 12.1. The van der Waals surface area contributed by atoms with Gasteiger partial charge in [0.05, 0.1) is 6.26 Å². The summed E-state index contributed by atoms with van der Waals surface area (Å²) in [6, 6.07) is 8.10. The van der Waals surface area contributed by atoms with Crippen molar-refractivity contribution in [3.05, 3.63) is 48.7 Å². The van der Waals surface area contributed by atoms with Gasteiger partial charge in [0.15, 0.2) is 18.2 Å². The second kappa shape index (κ2) is 5.83. The molecule has 15 heavy (non-hydrogen) atoms. The molecule has 2 heterocycles. The van der Waals surface area contributed by atoms with Crippen molar-refractivity contribution >= 4 is 11.8 Å². The van der Waals surface area contributed by atoms with Gasteiger partial charge in [-0.15, -0.1) is 11.8 Å². The molecule has 0 fully saturated rings. The Morgan fingerprint density at radius 2 is 2.00 bits per heavy atom. The molecule has 0 spiro atoms. The average Bonchev–Trinajstić information content (AvgIpc) is 2.72. The second-order valence-corrected chi connectivity index (χ2v) is 3.87. The molecule has 2 aromatic heterocycles. The Balaban J connectivity index is 0.00000112. The summed E-state index contributed by atoms with van der Waals surface area (Å²) in [5.74, 6) is 0.979. The van der Waals surface area contributed by atoms with Crippen LogP contribution in [0.3, 0.4) is 0 Å². The Labute approximate surface area is 99.7 Å². The van der Waals surface area contributed by atoms with Gasteiger partial charge in [0.25, 0.3) is 0 Å². The predicted octanol–water partition coefficient (Wildman–Crippen LogP) is -0.659. The van der Waals surface area contributed by atoms with Crippen LogP contribution in [0, 0.1) is 0 Å². The molecular formula is C11H12ClNOS. The summed E-state index contributed by atoms with van der Waals surface area (Å²) >= 11 is 1.75. The van der Waals surface area contributed by atoms with Crippen molar-refractivity contribution in [2.75, 3.05) is 6.26 Å². The summed E-state index contributed by atoms with van der Waals surface area (Å²) in [4.78, 5) is 1.28. The number of rotatable bonds is 3. The van der Waals surface area contributed by atoms with Crippen LogP contribution in [-0.2, 0) is 6.54 Å². The lowest BCUT2D eigenvalue weighted by atomic mass is 10.4. The standard InChI is InChI=1S/C11H12NOS.ClH/c1-14-11-4-6-12(7-5-11)9-10-3-2-8-13-10;/h2-8H,9H2,1H3;1H/q+1;/p-1. The molecule has 0 radical (unpaired) electrons. The fraction of sp³-hybridized carbons (Fsp3) is 0.182.